The predicted octanol–water partition coefficient (Wildman–Crippen LogP) is 1.64. The number of nitrogens with one attached hydrogen (secondary N) is 2. The van der Waals surface area contributed by atoms with Crippen LogP contribution < -0.4 is 10.6 Å². The third kappa shape index (κ3) is 5.01. The number of hydrogen-bond donors (Lipinski definition) is 2. The summed E-state index contributed by atoms with van der Waals surface area (Å²) in [7, 11) is 1.01. The Balaban J connectivity index is 2.01. The second-order valence-corrected chi connectivity index (χ2v) is 7.77. The highest BCUT2D eigenvalue weighted by Crippen LogP contribution is 2.15. The van der Waals surface area contributed by atoms with Crippen LogP contribution in [0, 0.1) is 0 Å². The number of benzene rings is 1. The van der Waals surface area contributed by atoms with Crippen LogP contribution in [0.1, 0.15) is 10.4 Å². The Morgan fingerprint density at radius 3 is 2.38 bits per heavy atom. The van der Waals surface area contributed by atoms with Crippen LogP contribution in [0.2, 0.25) is 0 Å². The first kappa shape index (κ1) is 19.8. The van der Waals surface area contributed by atoms with Crippen LogP contribution in [-0.4, -0.2) is 58.0 Å². The van der Waals surface area contributed by atoms with Crippen LogP contribution in [0.4, 0.5) is 11.5 Å². The van der Waals surface area contributed by atoms with Crippen LogP contribution in [0.25, 0.3) is 0 Å². The Kier molecular flexibility index (Phi) is 6.67. The average molecular weight is 378 g/mol. The average Bonchev–Trinajstić information content (AvgIpc) is 2.63. The van der Waals surface area contributed by atoms with E-state index in [0.717, 1.165) is 9.99 Å². The van der Waals surface area contributed by atoms with E-state index in [2.05, 4.69) is 15.6 Å². The van der Waals surface area contributed by atoms with Crippen molar-refractivity contribution in [3.8, 4) is 0 Å². The van der Waals surface area contributed by atoms with Crippen molar-refractivity contribution >= 4 is 27.4 Å². The molecule has 1 heterocycles. The van der Waals surface area contributed by atoms with Gasteiger partial charge in [0.1, 0.15) is 5.82 Å². The van der Waals surface area contributed by atoms with Crippen molar-refractivity contribution in [1.82, 2.24) is 9.29 Å². The van der Waals surface area contributed by atoms with Gasteiger partial charge in [-0.3, -0.25) is 4.79 Å². The monoisotopic (exact) mass is 378 g/mol. The van der Waals surface area contributed by atoms with Crippen molar-refractivity contribution in [2.45, 2.75) is 4.90 Å². The maximum absolute atomic E-state index is 12.3. The van der Waals surface area contributed by atoms with Gasteiger partial charge < -0.3 is 15.4 Å². The van der Waals surface area contributed by atoms with Crippen LogP contribution in [0.15, 0.2) is 47.5 Å². The Morgan fingerprint density at radius 1 is 1.15 bits per heavy atom. The van der Waals surface area contributed by atoms with Gasteiger partial charge >= 0.3 is 0 Å². The topological polar surface area (TPSA) is 101 Å². The molecule has 0 fully saturated rings. The molecular weight excluding hydrogens is 356 g/mol. The number of carbonyl (C=O) groups is 1. The van der Waals surface area contributed by atoms with Crippen LogP contribution in [-0.2, 0) is 14.8 Å². The molecule has 8 nitrogen and oxygen atoms in total. The second kappa shape index (κ2) is 8.75. The number of hydrogen-bond acceptors (Lipinski definition) is 6. The first-order valence-corrected chi connectivity index (χ1v) is 9.31. The zero-order valence-electron chi connectivity index (χ0n) is 14.9. The Hall–Kier alpha value is -2.49. The van der Waals surface area contributed by atoms with Gasteiger partial charge in [-0.2, -0.15) is 0 Å². The predicted molar refractivity (Wildman–Crippen MR) is 99.9 cm³/mol. The van der Waals surface area contributed by atoms with Gasteiger partial charge in [0, 0.05) is 33.3 Å². The molecule has 0 aliphatic heterocycles. The molecule has 0 saturated heterocycles. The number of nitrogens with zero attached hydrogens (tertiary/aromatic N) is 2. The summed E-state index contributed by atoms with van der Waals surface area (Å²) >= 11 is 0. The molecule has 0 aliphatic rings. The van der Waals surface area contributed by atoms with Gasteiger partial charge in [0.15, 0.2) is 0 Å². The Labute approximate surface area is 153 Å². The number of rotatable bonds is 8. The molecule has 0 spiro atoms. The Bertz CT molecular complexity index is 834. The molecule has 9 heteroatoms. The van der Waals surface area contributed by atoms with Crippen LogP contribution in [0.3, 0.4) is 0 Å². The van der Waals surface area contributed by atoms with E-state index in [1.807, 2.05) is 0 Å². The number of amides is 1. The number of methoxy groups -OCH3 is 1. The van der Waals surface area contributed by atoms with E-state index in [0.29, 0.717) is 24.5 Å². The zero-order valence-corrected chi connectivity index (χ0v) is 15.7. The molecular formula is C17H22N4O4S. The van der Waals surface area contributed by atoms with E-state index in [9.17, 15) is 13.2 Å². The van der Waals surface area contributed by atoms with Crippen molar-refractivity contribution in [2.75, 3.05) is 45.0 Å². The summed E-state index contributed by atoms with van der Waals surface area (Å²) in [5.74, 6) is 0.0312. The van der Waals surface area contributed by atoms with Gasteiger partial charge in [0.2, 0.25) is 10.0 Å². The quantitative estimate of drug-likeness (QED) is 0.678. The number of anilines is 2. The van der Waals surface area contributed by atoms with E-state index < -0.39 is 10.0 Å². The summed E-state index contributed by atoms with van der Waals surface area (Å²) in [6.45, 7) is 1.24. The fraction of sp³-hybridized carbons (Fsp3) is 0.294. The third-order valence-electron chi connectivity index (χ3n) is 3.54. The van der Waals surface area contributed by atoms with E-state index >= 15 is 0 Å². The summed E-state index contributed by atoms with van der Waals surface area (Å²) in [4.78, 5) is 16.6. The standard InChI is InChI=1S/C17H22N4O4S/c1-21(2)26(23,24)15-7-4-13(5-8-15)17(22)20-16-9-6-14(12-19-16)18-10-11-25-3/h4-9,12,18H,10-11H2,1-3H3,(H,19,20,22). The van der Waals surface area contributed by atoms with Crippen molar-refractivity contribution < 1.29 is 17.9 Å². The number of ether oxygens (including phenoxy) is 1. The van der Waals surface area contributed by atoms with Crippen molar-refractivity contribution in [1.29, 1.82) is 0 Å². The second-order valence-electron chi connectivity index (χ2n) is 5.62. The number of carbonyl (C=O) groups excluding carboxylic acids is 1. The highest BCUT2D eigenvalue weighted by atomic mass is 32.2. The van der Waals surface area contributed by atoms with Gasteiger partial charge in [-0.25, -0.2) is 17.7 Å². The van der Waals surface area contributed by atoms with Crippen molar-refractivity contribution in [3.63, 3.8) is 0 Å². The van der Waals surface area contributed by atoms with Gasteiger partial charge in [0.25, 0.3) is 5.91 Å². The number of pyridine rings is 1. The molecule has 0 unspecified atom stereocenters. The SMILES string of the molecule is COCCNc1ccc(NC(=O)c2ccc(S(=O)(=O)N(C)C)cc2)nc1. The van der Waals surface area contributed by atoms with E-state index in [1.165, 1.54) is 38.4 Å². The van der Waals surface area contributed by atoms with Crippen molar-refractivity contribution in [2.24, 2.45) is 0 Å². The van der Waals surface area contributed by atoms with Gasteiger partial charge in [-0.1, -0.05) is 0 Å². The highest BCUT2D eigenvalue weighted by Gasteiger charge is 2.17. The van der Waals surface area contributed by atoms with E-state index in [4.69, 9.17) is 4.74 Å². The minimum absolute atomic E-state index is 0.128. The first-order valence-electron chi connectivity index (χ1n) is 7.87. The minimum Gasteiger partial charge on any atom is -0.383 e. The molecule has 0 atom stereocenters. The lowest BCUT2D eigenvalue weighted by Gasteiger charge is -2.11. The maximum Gasteiger partial charge on any atom is 0.256 e. The third-order valence-corrected chi connectivity index (χ3v) is 5.36. The smallest absolute Gasteiger partial charge is 0.256 e. The summed E-state index contributed by atoms with van der Waals surface area (Å²) < 4.78 is 30.1. The molecule has 0 saturated carbocycles. The molecule has 2 aromatic rings. The summed E-state index contributed by atoms with van der Waals surface area (Å²) in [5.41, 5.74) is 1.16. The Morgan fingerprint density at radius 2 is 1.85 bits per heavy atom. The van der Waals surface area contributed by atoms with Gasteiger partial charge in [-0.05, 0) is 36.4 Å². The molecule has 0 bridgehead atoms. The lowest BCUT2D eigenvalue weighted by atomic mass is 10.2. The largest absolute Gasteiger partial charge is 0.383 e. The molecule has 2 N–H and O–H groups in total. The molecule has 0 aliphatic carbocycles. The molecule has 2 rings (SSSR count). The molecule has 1 aromatic carbocycles. The fourth-order valence-electron chi connectivity index (χ4n) is 2.05. The summed E-state index contributed by atoms with van der Waals surface area (Å²) in [6.07, 6.45) is 1.61. The lowest BCUT2D eigenvalue weighted by molar-refractivity contribution is 0.102. The molecule has 26 heavy (non-hydrogen) atoms. The molecule has 1 amide bonds. The highest BCUT2D eigenvalue weighted by molar-refractivity contribution is 7.89. The summed E-state index contributed by atoms with van der Waals surface area (Å²) in [6, 6.07) is 9.21. The van der Waals surface area contributed by atoms with E-state index in [1.54, 1.807) is 25.4 Å². The molecule has 0 radical (unpaired) electrons. The zero-order chi connectivity index (χ0) is 19.2. The van der Waals surface area contributed by atoms with Gasteiger partial charge in [-0.15, -0.1) is 0 Å². The normalized spacial score (nSPS) is 11.4. The van der Waals surface area contributed by atoms with Crippen LogP contribution >= 0.6 is 0 Å². The minimum atomic E-state index is -3.52. The molecule has 140 valence electrons. The number of sulfonamides is 1. The lowest BCUT2D eigenvalue weighted by Crippen LogP contribution is -2.22. The fourth-order valence-corrected chi connectivity index (χ4v) is 2.95. The number of aromatic nitrogens is 1. The molecule has 1 aromatic heterocycles. The van der Waals surface area contributed by atoms with Crippen LogP contribution in [0.5, 0.6) is 0 Å². The van der Waals surface area contributed by atoms with E-state index in [-0.39, 0.29) is 10.8 Å². The maximum atomic E-state index is 12.3. The first-order chi connectivity index (χ1) is 12.3. The summed E-state index contributed by atoms with van der Waals surface area (Å²) in [5, 5.41) is 5.80. The van der Waals surface area contributed by atoms with Gasteiger partial charge in [0.05, 0.1) is 23.4 Å². The van der Waals surface area contributed by atoms with Crippen molar-refractivity contribution in [3.05, 3.63) is 48.2 Å².